The van der Waals surface area contributed by atoms with Crippen LogP contribution in [-0.4, -0.2) is 39.9 Å². The Morgan fingerprint density at radius 3 is 2.47 bits per heavy atom. The molecule has 1 aromatic rings. The van der Waals surface area contributed by atoms with Crippen molar-refractivity contribution in [3.8, 4) is 0 Å². The molecule has 0 radical (unpaired) electrons. The van der Waals surface area contributed by atoms with Crippen LogP contribution in [0.25, 0.3) is 0 Å². The molecule has 2 heterocycles. The molecule has 1 N–H and O–H groups in total. The third-order valence-corrected chi connectivity index (χ3v) is 2.71. The first-order valence-corrected chi connectivity index (χ1v) is 5.80. The van der Waals surface area contributed by atoms with Crippen LogP contribution in [-0.2, 0) is 4.79 Å². The van der Waals surface area contributed by atoms with Crippen LogP contribution in [0.4, 0.5) is 5.95 Å². The zero-order chi connectivity index (χ0) is 12.5. The van der Waals surface area contributed by atoms with Gasteiger partial charge in [0, 0.05) is 30.9 Å². The van der Waals surface area contributed by atoms with E-state index in [1.54, 1.807) is 18.5 Å². The fraction of sp³-hybridized carbons (Fsp3) is 0.583. The lowest BCUT2D eigenvalue weighted by molar-refractivity contribution is -0.143. The Hall–Kier alpha value is -1.65. The molecule has 92 valence electrons. The molecule has 0 saturated carbocycles. The summed E-state index contributed by atoms with van der Waals surface area (Å²) in [7, 11) is 0. The van der Waals surface area contributed by atoms with Gasteiger partial charge in [0.25, 0.3) is 0 Å². The Kier molecular flexibility index (Phi) is 3.00. The van der Waals surface area contributed by atoms with Gasteiger partial charge in [0.05, 0.1) is 6.04 Å². The van der Waals surface area contributed by atoms with Crippen molar-refractivity contribution in [1.82, 2.24) is 14.9 Å². The molecule has 17 heavy (non-hydrogen) atoms. The van der Waals surface area contributed by atoms with Gasteiger partial charge >= 0.3 is 0 Å². The molecule has 0 aliphatic carbocycles. The highest BCUT2D eigenvalue weighted by Crippen LogP contribution is 2.22. The van der Waals surface area contributed by atoms with Crippen LogP contribution in [0.15, 0.2) is 18.5 Å². The SMILES string of the molecule is CC(C)(C)C(=O)N1CC(Nc2ncccn2)C1. The molecule has 1 amide bonds. The molecule has 1 aliphatic rings. The molecule has 5 heteroatoms. The van der Waals surface area contributed by atoms with Gasteiger partial charge in [-0.1, -0.05) is 20.8 Å². The maximum atomic E-state index is 11.9. The molecule has 0 atom stereocenters. The minimum absolute atomic E-state index is 0.199. The summed E-state index contributed by atoms with van der Waals surface area (Å²) in [5.74, 6) is 0.824. The van der Waals surface area contributed by atoms with Gasteiger partial charge in [-0.15, -0.1) is 0 Å². The number of nitrogens with zero attached hydrogens (tertiary/aromatic N) is 3. The van der Waals surface area contributed by atoms with E-state index in [1.807, 2.05) is 25.7 Å². The normalized spacial score (nSPS) is 16.5. The number of aromatic nitrogens is 2. The molecule has 0 unspecified atom stereocenters. The van der Waals surface area contributed by atoms with E-state index >= 15 is 0 Å². The number of hydrogen-bond donors (Lipinski definition) is 1. The molecule has 1 aliphatic heterocycles. The molecular formula is C12H18N4O. The van der Waals surface area contributed by atoms with Crippen molar-refractivity contribution in [3.63, 3.8) is 0 Å². The van der Waals surface area contributed by atoms with Crippen molar-refractivity contribution in [2.75, 3.05) is 18.4 Å². The maximum absolute atomic E-state index is 11.9. The molecule has 5 nitrogen and oxygen atoms in total. The molecule has 1 aromatic heterocycles. The largest absolute Gasteiger partial charge is 0.348 e. The highest BCUT2D eigenvalue weighted by atomic mass is 16.2. The van der Waals surface area contributed by atoms with Gasteiger partial charge in [0.15, 0.2) is 0 Å². The second-order valence-corrected chi connectivity index (χ2v) is 5.37. The van der Waals surface area contributed by atoms with Crippen molar-refractivity contribution in [3.05, 3.63) is 18.5 Å². The molecular weight excluding hydrogens is 216 g/mol. The average molecular weight is 234 g/mol. The third kappa shape index (κ3) is 2.72. The predicted molar refractivity (Wildman–Crippen MR) is 65.5 cm³/mol. The van der Waals surface area contributed by atoms with E-state index in [0.29, 0.717) is 5.95 Å². The van der Waals surface area contributed by atoms with Crippen molar-refractivity contribution in [1.29, 1.82) is 0 Å². The van der Waals surface area contributed by atoms with Crippen LogP contribution in [0.5, 0.6) is 0 Å². The summed E-state index contributed by atoms with van der Waals surface area (Å²) in [4.78, 5) is 22.0. The summed E-state index contributed by atoms with van der Waals surface area (Å²) in [5, 5.41) is 3.20. The zero-order valence-electron chi connectivity index (χ0n) is 10.5. The summed E-state index contributed by atoms with van der Waals surface area (Å²) in [6.07, 6.45) is 3.40. The first-order chi connectivity index (χ1) is 7.97. The van der Waals surface area contributed by atoms with Crippen LogP contribution in [0.3, 0.4) is 0 Å². The van der Waals surface area contributed by atoms with E-state index in [2.05, 4.69) is 15.3 Å². The van der Waals surface area contributed by atoms with Crippen molar-refractivity contribution in [2.45, 2.75) is 26.8 Å². The number of carbonyl (C=O) groups excluding carboxylic acids is 1. The summed E-state index contributed by atoms with van der Waals surface area (Å²) < 4.78 is 0. The Morgan fingerprint density at radius 1 is 1.35 bits per heavy atom. The topological polar surface area (TPSA) is 58.1 Å². The van der Waals surface area contributed by atoms with E-state index in [4.69, 9.17) is 0 Å². The van der Waals surface area contributed by atoms with Crippen molar-refractivity contribution in [2.24, 2.45) is 5.41 Å². The first kappa shape index (κ1) is 11.8. The second-order valence-electron chi connectivity index (χ2n) is 5.37. The van der Waals surface area contributed by atoms with E-state index in [-0.39, 0.29) is 17.4 Å². The number of likely N-dealkylation sites (tertiary alicyclic amines) is 1. The predicted octanol–water partition coefficient (Wildman–Crippen LogP) is 1.15. The quantitative estimate of drug-likeness (QED) is 0.834. The summed E-state index contributed by atoms with van der Waals surface area (Å²) in [6.45, 7) is 7.28. The molecule has 0 bridgehead atoms. The highest BCUT2D eigenvalue weighted by molar-refractivity contribution is 5.82. The summed E-state index contributed by atoms with van der Waals surface area (Å²) >= 11 is 0. The van der Waals surface area contributed by atoms with Gasteiger partial charge in [-0.2, -0.15) is 0 Å². The Morgan fingerprint density at radius 2 is 1.94 bits per heavy atom. The van der Waals surface area contributed by atoms with Gasteiger partial charge < -0.3 is 10.2 Å². The highest BCUT2D eigenvalue weighted by Gasteiger charge is 2.36. The number of nitrogens with one attached hydrogen (secondary N) is 1. The van der Waals surface area contributed by atoms with Gasteiger partial charge in [-0.05, 0) is 6.07 Å². The molecule has 1 fully saturated rings. The zero-order valence-corrected chi connectivity index (χ0v) is 10.5. The third-order valence-electron chi connectivity index (χ3n) is 2.71. The molecule has 0 spiro atoms. The van der Waals surface area contributed by atoms with E-state index < -0.39 is 0 Å². The second kappa shape index (κ2) is 4.31. The molecule has 0 aromatic carbocycles. The van der Waals surface area contributed by atoms with Crippen LogP contribution in [0, 0.1) is 5.41 Å². The first-order valence-electron chi connectivity index (χ1n) is 5.80. The van der Waals surface area contributed by atoms with Crippen LogP contribution < -0.4 is 5.32 Å². The smallest absolute Gasteiger partial charge is 0.228 e. The van der Waals surface area contributed by atoms with Gasteiger partial charge in [-0.25, -0.2) is 9.97 Å². The van der Waals surface area contributed by atoms with Crippen molar-refractivity contribution < 1.29 is 4.79 Å². The van der Waals surface area contributed by atoms with Gasteiger partial charge in [0.2, 0.25) is 11.9 Å². The number of anilines is 1. The minimum atomic E-state index is -0.297. The number of amides is 1. The van der Waals surface area contributed by atoms with Gasteiger partial charge in [0.1, 0.15) is 0 Å². The molecule has 1 saturated heterocycles. The van der Waals surface area contributed by atoms with Crippen LogP contribution in [0.2, 0.25) is 0 Å². The standard InChI is InChI=1S/C12H18N4O/c1-12(2,3)10(17)16-7-9(8-16)15-11-13-5-4-6-14-11/h4-6,9H,7-8H2,1-3H3,(H,13,14,15). The number of carbonyl (C=O) groups is 1. The lowest BCUT2D eigenvalue weighted by Gasteiger charge is -2.42. The minimum Gasteiger partial charge on any atom is -0.348 e. The molecule has 2 rings (SSSR count). The lowest BCUT2D eigenvalue weighted by atomic mass is 9.92. The summed E-state index contributed by atoms with van der Waals surface area (Å²) in [6, 6.07) is 2.05. The number of hydrogen-bond acceptors (Lipinski definition) is 4. The Bertz CT molecular complexity index is 393. The average Bonchev–Trinajstić information content (AvgIpc) is 2.22. The Balaban J connectivity index is 1.82. The van der Waals surface area contributed by atoms with Gasteiger partial charge in [-0.3, -0.25) is 4.79 Å². The van der Waals surface area contributed by atoms with Crippen LogP contribution in [0.1, 0.15) is 20.8 Å². The van der Waals surface area contributed by atoms with Crippen LogP contribution >= 0.6 is 0 Å². The maximum Gasteiger partial charge on any atom is 0.228 e. The monoisotopic (exact) mass is 234 g/mol. The van der Waals surface area contributed by atoms with Crippen molar-refractivity contribution >= 4 is 11.9 Å². The fourth-order valence-electron chi connectivity index (χ4n) is 1.77. The lowest BCUT2D eigenvalue weighted by Crippen LogP contribution is -2.59. The summed E-state index contributed by atoms with van der Waals surface area (Å²) in [5.41, 5.74) is -0.297. The van der Waals surface area contributed by atoms with E-state index in [1.165, 1.54) is 0 Å². The Labute approximate surface area is 101 Å². The van der Waals surface area contributed by atoms with E-state index in [9.17, 15) is 4.79 Å². The fourth-order valence-corrected chi connectivity index (χ4v) is 1.77. The van der Waals surface area contributed by atoms with E-state index in [0.717, 1.165) is 13.1 Å². The number of rotatable bonds is 2.